The molecule has 0 amide bonds. The lowest BCUT2D eigenvalue weighted by atomic mass is 9.77. The zero-order valence-electron chi connectivity index (χ0n) is 6.55. The summed E-state index contributed by atoms with van der Waals surface area (Å²) in [6.07, 6.45) is 13.6. The molecule has 0 N–H and O–H groups in total. The Labute approximate surface area is 63.3 Å². The van der Waals surface area contributed by atoms with E-state index in [9.17, 15) is 0 Å². The zero-order chi connectivity index (χ0) is 6.81. The highest BCUT2D eigenvalue weighted by Crippen LogP contribution is 2.34. The van der Waals surface area contributed by atoms with Gasteiger partial charge in [-0.3, -0.25) is 0 Å². The van der Waals surface area contributed by atoms with Gasteiger partial charge in [-0.1, -0.05) is 12.2 Å². The van der Waals surface area contributed by atoms with Crippen molar-refractivity contribution in [1.29, 1.82) is 0 Å². The summed E-state index contributed by atoms with van der Waals surface area (Å²) in [6, 6.07) is 0. The Morgan fingerprint density at radius 1 is 0.700 bits per heavy atom. The molecule has 0 heterocycles. The highest BCUT2D eigenvalue weighted by Gasteiger charge is 2.20. The fourth-order valence-corrected chi connectivity index (χ4v) is 2.28. The molecule has 0 aliphatic heterocycles. The van der Waals surface area contributed by atoms with Gasteiger partial charge < -0.3 is 0 Å². The maximum absolute atomic E-state index is 2.40. The van der Waals surface area contributed by atoms with E-state index in [0.717, 1.165) is 11.8 Å². The average molecular weight is 136 g/mol. The minimum Gasteiger partial charge on any atom is -0.0883 e. The predicted octanol–water partition coefficient (Wildman–Crippen LogP) is 3.14. The van der Waals surface area contributed by atoms with Crippen molar-refractivity contribution < 1.29 is 0 Å². The van der Waals surface area contributed by atoms with Crippen LogP contribution in [0.3, 0.4) is 0 Å². The summed E-state index contributed by atoms with van der Waals surface area (Å²) >= 11 is 0. The summed E-state index contributed by atoms with van der Waals surface area (Å²) in [5.74, 6) is 2.10. The van der Waals surface area contributed by atoms with E-state index in [-0.39, 0.29) is 0 Å². The molecule has 0 radical (unpaired) electrons. The smallest absolute Gasteiger partial charge is 0.0322 e. The van der Waals surface area contributed by atoms with Crippen molar-refractivity contribution in [2.45, 2.75) is 38.5 Å². The third kappa shape index (κ3) is 1.25. The molecule has 1 saturated carbocycles. The SMILES string of the molecule is C1=CCC2CCC(C1)CC2. The second kappa shape index (κ2) is 2.77. The van der Waals surface area contributed by atoms with Crippen LogP contribution in [0.25, 0.3) is 0 Å². The third-order valence-corrected chi connectivity index (χ3v) is 3.07. The zero-order valence-corrected chi connectivity index (χ0v) is 6.55. The second-order valence-electron chi connectivity index (χ2n) is 3.83. The van der Waals surface area contributed by atoms with Crippen LogP contribution in [-0.4, -0.2) is 0 Å². The maximum atomic E-state index is 2.40. The number of hydrogen-bond acceptors (Lipinski definition) is 0. The molecule has 10 heavy (non-hydrogen) atoms. The maximum Gasteiger partial charge on any atom is -0.0322 e. The van der Waals surface area contributed by atoms with E-state index >= 15 is 0 Å². The van der Waals surface area contributed by atoms with Gasteiger partial charge in [0.05, 0.1) is 0 Å². The summed E-state index contributed by atoms with van der Waals surface area (Å²) in [6.45, 7) is 0. The number of rotatable bonds is 0. The lowest BCUT2D eigenvalue weighted by Crippen LogP contribution is -2.15. The van der Waals surface area contributed by atoms with Crippen LogP contribution in [0, 0.1) is 11.8 Å². The molecule has 0 heteroatoms. The van der Waals surface area contributed by atoms with Gasteiger partial charge in [-0.25, -0.2) is 0 Å². The first kappa shape index (κ1) is 6.45. The average Bonchev–Trinajstić information content (AvgIpc) is 1.89. The number of allylic oxidation sites excluding steroid dienone is 2. The summed E-state index contributed by atoms with van der Waals surface area (Å²) in [4.78, 5) is 0. The van der Waals surface area contributed by atoms with Crippen molar-refractivity contribution in [3.8, 4) is 0 Å². The van der Waals surface area contributed by atoms with E-state index in [0.29, 0.717) is 0 Å². The molecule has 2 bridgehead atoms. The van der Waals surface area contributed by atoms with Crippen LogP contribution in [0.5, 0.6) is 0 Å². The first-order valence-corrected chi connectivity index (χ1v) is 4.60. The quantitative estimate of drug-likeness (QED) is 0.449. The molecule has 56 valence electrons. The Morgan fingerprint density at radius 2 is 1.10 bits per heavy atom. The van der Waals surface area contributed by atoms with Crippen LogP contribution in [0.4, 0.5) is 0 Å². The first-order chi connectivity index (χ1) is 4.95. The van der Waals surface area contributed by atoms with Crippen LogP contribution in [-0.2, 0) is 0 Å². The predicted molar refractivity (Wildman–Crippen MR) is 43.8 cm³/mol. The molecule has 3 rings (SSSR count). The number of fused-ring (bicyclic) bond motifs is 4. The summed E-state index contributed by atoms with van der Waals surface area (Å²) in [5, 5.41) is 0. The Bertz CT molecular complexity index is 111. The molecule has 0 spiro atoms. The molecule has 1 fully saturated rings. The van der Waals surface area contributed by atoms with E-state index in [1.165, 1.54) is 38.5 Å². The molecule has 0 unspecified atom stereocenters. The largest absolute Gasteiger partial charge is 0.0883 e. The fraction of sp³-hybridized carbons (Fsp3) is 0.800. The standard InChI is InChI=1S/C10H16/c1-2-4-10-7-5-9(3-1)6-8-10/h1-2,9-10H,3-8H2. The highest BCUT2D eigenvalue weighted by atomic mass is 14.3. The highest BCUT2D eigenvalue weighted by molar-refractivity contribution is 4.91. The Morgan fingerprint density at radius 3 is 1.50 bits per heavy atom. The summed E-state index contributed by atoms with van der Waals surface area (Å²) in [5.41, 5.74) is 0. The van der Waals surface area contributed by atoms with E-state index in [4.69, 9.17) is 0 Å². The van der Waals surface area contributed by atoms with Crippen LogP contribution >= 0.6 is 0 Å². The monoisotopic (exact) mass is 136 g/mol. The lowest BCUT2D eigenvalue weighted by molar-refractivity contribution is 0.270. The van der Waals surface area contributed by atoms with Gasteiger partial charge in [-0.15, -0.1) is 0 Å². The Hall–Kier alpha value is -0.260. The molecule has 3 aliphatic carbocycles. The third-order valence-electron chi connectivity index (χ3n) is 3.07. The van der Waals surface area contributed by atoms with Crippen LogP contribution < -0.4 is 0 Å². The molecule has 0 aromatic carbocycles. The van der Waals surface area contributed by atoms with Gasteiger partial charge in [0, 0.05) is 0 Å². The lowest BCUT2D eigenvalue weighted by Gasteiger charge is -2.29. The van der Waals surface area contributed by atoms with Gasteiger partial charge in [0.1, 0.15) is 0 Å². The Balaban J connectivity index is 2.06. The molecule has 3 aliphatic rings. The molecular formula is C10H16. The molecule has 0 nitrogen and oxygen atoms in total. The van der Waals surface area contributed by atoms with Gasteiger partial charge in [0.25, 0.3) is 0 Å². The van der Waals surface area contributed by atoms with Crippen LogP contribution in [0.2, 0.25) is 0 Å². The molecular weight excluding hydrogens is 120 g/mol. The van der Waals surface area contributed by atoms with Crippen molar-refractivity contribution >= 4 is 0 Å². The molecule has 0 aromatic heterocycles. The minimum atomic E-state index is 1.05. The Kier molecular flexibility index (Phi) is 1.79. The van der Waals surface area contributed by atoms with Gasteiger partial charge >= 0.3 is 0 Å². The molecule has 0 atom stereocenters. The van der Waals surface area contributed by atoms with Crippen molar-refractivity contribution in [3.63, 3.8) is 0 Å². The molecule has 0 saturated heterocycles. The second-order valence-corrected chi connectivity index (χ2v) is 3.83. The number of hydrogen-bond donors (Lipinski definition) is 0. The van der Waals surface area contributed by atoms with Crippen molar-refractivity contribution in [1.82, 2.24) is 0 Å². The van der Waals surface area contributed by atoms with Crippen molar-refractivity contribution in [3.05, 3.63) is 12.2 Å². The summed E-state index contributed by atoms with van der Waals surface area (Å²) in [7, 11) is 0. The van der Waals surface area contributed by atoms with Gasteiger partial charge in [0.2, 0.25) is 0 Å². The normalized spacial score (nSPS) is 39.2. The van der Waals surface area contributed by atoms with Crippen molar-refractivity contribution in [2.75, 3.05) is 0 Å². The topological polar surface area (TPSA) is 0 Å². The van der Waals surface area contributed by atoms with Crippen molar-refractivity contribution in [2.24, 2.45) is 11.8 Å². The fourth-order valence-electron chi connectivity index (χ4n) is 2.28. The van der Waals surface area contributed by atoms with E-state index < -0.39 is 0 Å². The van der Waals surface area contributed by atoms with Crippen LogP contribution in [0.15, 0.2) is 12.2 Å². The van der Waals surface area contributed by atoms with E-state index in [2.05, 4.69) is 12.2 Å². The summed E-state index contributed by atoms with van der Waals surface area (Å²) < 4.78 is 0. The van der Waals surface area contributed by atoms with E-state index in [1.54, 1.807) is 0 Å². The van der Waals surface area contributed by atoms with E-state index in [1.807, 2.05) is 0 Å². The van der Waals surface area contributed by atoms with Gasteiger partial charge in [-0.05, 0) is 50.4 Å². The van der Waals surface area contributed by atoms with Crippen LogP contribution in [0.1, 0.15) is 38.5 Å². The minimum absolute atomic E-state index is 1.05. The van der Waals surface area contributed by atoms with Gasteiger partial charge in [-0.2, -0.15) is 0 Å². The molecule has 0 aromatic rings. The van der Waals surface area contributed by atoms with Gasteiger partial charge in [0.15, 0.2) is 0 Å². The first-order valence-electron chi connectivity index (χ1n) is 4.60.